The molecule has 1 aromatic rings. The summed E-state index contributed by atoms with van der Waals surface area (Å²) in [5.74, 6) is 0.984. The molecule has 0 fully saturated rings. The standard InChI is InChI=1S/C13H25N5/c1-4-6-10-17(3)13(14-5-2)15-9-12-18-11-7-8-16-18/h7-8,11H,4-6,9-10,12H2,1-3H3,(H,14,15). The van der Waals surface area contributed by atoms with Gasteiger partial charge in [-0.15, -0.1) is 0 Å². The molecule has 0 amide bonds. The fourth-order valence-electron chi connectivity index (χ4n) is 1.66. The second-order valence-electron chi connectivity index (χ2n) is 4.28. The first kappa shape index (κ1) is 14.5. The van der Waals surface area contributed by atoms with Crippen LogP contribution in [-0.4, -0.2) is 47.3 Å². The quantitative estimate of drug-likeness (QED) is 0.591. The molecule has 0 atom stereocenters. The van der Waals surface area contributed by atoms with Gasteiger partial charge in [-0.2, -0.15) is 5.10 Å². The third-order valence-corrected chi connectivity index (χ3v) is 2.69. The van der Waals surface area contributed by atoms with E-state index < -0.39 is 0 Å². The zero-order valence-corrected chi connectivity index (χ0v) is 11.8. The highest BCUT2D eigenvalue weighted by Gasteiger charge is 2.03. The van der Waals surface area contributed by atoms with Crippen LogP contribution in [0.1, 0.15) is 26.7 Å². The summed E-state index contributed by atoms with van der Waals surface area (Å²) in [6.45, 7) is 7.82. The maximum absolute atomic E-state index is 4.61. The third kappa shape index (κ3) is 5.21. The molecular weight excluding hydrogens is 226 g/mol. The zero-order valence-electron chi connectivity index (χ0n) is 11.8. The number of nitrogens with one attached hydrogen (secondary N) is 1. The Morgan fingerprint density at radius 1 is 1.44 bits per heavy atom. The first-order valence-electron chi connectivity index (χ1n) is 6.74. The monoisotopic (exact) mass is 251 g/mol. The van der Waals surface area contributed by atoms with Crippen molar-refractivity contribution in [1.82, 2.24) is 20.0 Å². The Kier molecular flexibility index (Phi) is 6.91. The van der Waals surface area contributed by atoms with Crippen LogP contribution >= 0.6 is 0 Å². The topological polar surface area (TPSA) is 45.5 Å². The Morgan fingerprint density at radius 3 is 2.89 bits per heavy atom. The summed E-state index contributed by atoms with van der Waals surface area (Å²) in [6.07, 6.45) is 6.16. The van der Waals surface area contributed by atoms with Crippen LogP contribution < -0.4 is 5.32 Å². The van der Waals surface area contributed by atoms with Gasteiger partial charge in [-0.05, 0) is 19.4 Å². The van der Waals surface area contributed by atoms with Crippen molar-refractivity contribution in [3.05, 3.63) is 18.5 Å². The molecule has 0 bridgehead atoms. The lowest BCUT2D eigenvalue weighted by Gasteiger charge is -2.21. The van der Waals surface area contributed by atoms with Crippen LogP contribution in [0, 0.1) is 0 Å². The molecule has 102 valence electrons. The van der Waals surface area contributed by atoms with Crippen molar-refractivity contribution in [2.24, 2.45) is 4.99 Å². The van der Waals surface area contributed by atoms with Gasteiger partial charge < -0.3 is 10.2 Å². The molecule has 0 spiro atoms. The van der Waals surface area contributed by atoms with E-state index in [4.69, 9.17) is 0 Å². The van der Waals surface area contributed by atoms with Crippen LogP contribution in [0.15, 0.2) is 23.5 Å². The smallest absolute Gasteiger partial charge is 0.193 e. The summed E-state index contributed by atoms with van der Waals surface area (Å²) < 4.78 is 1.90. The van der Waals surface area contributed by atoms with E-state index in [2.05, 4.69) is 41.2 Å². The highest BCUT2D eigenvalue weighted by atomic mass is 15.3. The minimum absolute atomic E-state index is 0.750. The second kappa shape index (κ2) is 8.55. The molecule has 1 heterocycles. The number of aromatic nitrogens is 2. The molecule has 18 heavy (non-hydrogen) atoms. The average Bonchev–Trinajstić information content (AvgIpc) is 2.88. The predicted octanol–water partition coefficient (Wildman–Crippen LogP) is 1.58. The summed E-state index contributed by atoms with van der Waals surface area (Å²) in [4.78, 5) is 6.80. The van der Waals surface area contributed by atoms with Gasteiger partial charge >= 0.3 is 0 Å². The molecule has 0 aliphatic heterocycles. The minimum Gasteiger partial charge on any atom is -0.357 e. The maximum Gasteiger partial charge on any atom is 0.193 e. The molecular formula is C13H25N5. The van der Waals surface area contributed by atoms with E-state index in [1.165, 1.54) is 12.8 Å². The van der Waals surface area contributed by atoms with Crippen LogP contribution in [0.5, 0.6) is 0 Å². The molecule has 0 radical (unpaired) electrons. The van der Waals surface area contributed by atoms with Crippen LogP contribution in [0.4, 0.5) is 0 Å². The summed E-state index contributed by atoms with van der Waals surface area (Å²) >= 11 is 0. The van der Waals surface area contributed by atoms with Gasteiger partial charge in [0.05, 0.1) is 13.1 Å². The number of hydrogen-bond acceptors (Lipinski definition) is 2. The van der Waals surface area contributed by atoms with Crippen LogP contribution in [0.3, 0.4) is 0 Å². The fraction of sp³-hybridized carbons (Fsp3) is 0.692. The van der Waals surface area contributed by atoms with Gasteiger partial charge in [0.2, 0.25) is 0 Å². The maximum atomic E-state index is 4.61. The molecule has 5 nitrogen and oxygen atoms in total. The number of rotatable bonds is 7. The van der Waals surface area contributed by atoms with Gasteiger partial charge in [0, 0.05) is 32.5 Å². The van der Waals surface area contributed by atoms with E-state index in [9.17, 15) is 0 Å². The van der Waals surface area contributed by atoms with Crippen LogP contribution in [-0.2, 0) is 6.54 Å². The van der Waals surface area contributed by atoms with Crippen molar-refractivity contribution < 1.29 is 0 Å². The Balaban J connectivity index is 2.43. The molecule has 5 heteroatoms. The van der Waals surface area contributed by atoms with Gasteiger partial charge in [-0.3, -0.25) is 9.67 Å². The highest BCUT2D eigenvalue weighted by molar-refractivity contribution is 5.79. The van der Waals surface area contributed by atoms with E-state index >= 15 is 0 Å². The van der Waals surface area contributed by atoms with E-state index in [0.717, 1.165) is 32.1 Å². The molecule has 0 aromatic carbocycles. The van der Waals surface area contributed by atoms with Crippen molar-refractivity contribution in [2.45, 2.75) is 33.2 Å². The van der Waals surface area contributed by atoms with Crippen molar-refractivity contribution in [3.63, 3.8) is 0 Å². The minimum atomic E-state index is 0.750. The molecule has 0 saturated heterocycles. The Hall–Kier alpha value is -1.52. The van der Waals surface area contributed by atoms with Crippen molar-refractivity contribution in [2.75, 3.05) is 26.7 Å². The summed E-state index contributed by atoms with van der Waals surface area (Å²) in [5, 5.41) is 7.48. The van der Waals surface area contributed by atoms with Crippen molar-refractivity contribution in [3.8, 4) is 0 Å². The lowest BCUT2D eigenvalue weighted by Crippen LogP contribution is -2.39. The van der Waals surface area contributed by atoms with Crippen molar-refractivity contribution in [1.29, 1.82) is 0 Å². The SMILES string of the molecule is CCCCN(C)C(=NCCn1cccn1)NCC. The van der Waals surface area contributed by atoms with Crippen LogP contribution in [0.25, 0.3) is 0 Å². The van der Waals surface area contributed by atoms with Gasteiger partial charge in [0.1, 0.15) is 0 Å². The molecule has 1 rings (SSSR count). The molecule has 1 N–H and O–H groups in total. The Bertz CT molecular complexity index is 331. The van der Waals surface area contributed by atoms with E-state index in [0.29, 0.717) is 0 Å². The number of nitrogens with zero attached hydrogens (tertiary/aromatic N) is 4. The largest absolute Gasteiger partial charge is 0.357 e. The molecule has 1 aromatic heterocycles. The van der Waals surface area contributed by atoms with Gasteiger partial charge in [0.15, 0.2) is 5.96 Å². The third-order valence-electron chi connectivity index (χ3n) is 2.69. The number of aliphatic imine (C=N–C) groups is 1. The summed E-state index contributed by atoms with van der Waals surface area (Å²) in [7, 11) is 2.09. The first-order chi connectivity index (χ1) is 8.77. The lowest BCUT2D eigenvalue weighted by atomic mass is 10.3. The molecule has 0 aliphatic carbocycles. The van der Waals surface area contributed by atoms with Gasteiger partial charge in [-0.25, -0.2) is 0 Å². The fourth-order valence-corrected chi connectivity index (χ4v) is 1.66. The van der Waals surface area contributed by atoms with Gasteiger partial charge in [0.25, 0.3) is 0 Å². The Morgan fingerprint density at radius 2 is 2.28 bits per heavy atom. The van der Waals surface area contributed by atoms with Crippen molar-refractivity contribution >= 4 is 5.96 Å². The normalized spacial score (nSPS) is 11.6. The summed E-state index contributed by atoms with van der Waals surface area (Å²) in [6, 6.07) is 1.93. The second-order valence-corrected chi connectivity index (χ2v) is 4.28. The molecule has 0 unspecified atom stereocenters. The zero-order chi connectivity index (χ0) is 13.2. The highest BCUT2D eigenvalue weighted by Crippen LogP contribution is 1.94. The van der Waals surface area contributed by atoms with E-state index in [-0.39, 0.29) is 0 Å². The molecule has 0 saturated carbocycles. The van der Waals surface area contributed by atoms with Crippen LogP contribution in [0.2, 0.25) is 0 Å². The van der Waals surface area contributed by atoms with E-state index in [1.807, 2.05) is 16.9 Å². The number of unbranched alkanes of at least 4 members (excludes halogenated alkanes) is 1. The number of hydrogen-bond donors (Lipinski definition) is 1. The average molecular weight is 251 g/mol. The van der Waals surface area contributed by atoms with Gasteiger partial charge in [-0.1, -0.05) is 13.3 Å². The lowest BCUT2D eigenvalue weighted by molar-refractivity contribution is 0.463. The predicted molar refractivity (Wildman–Crippen MR) is 75.7 cm³/mol. The van der Waals surface area contributed by atoms with E-state index in [1.54, 1.807) is 6.20 Å². The first-order valence-corrected chi connectivity index (χ1v) is 6.74. The molecule has 0 aliphatic rings. The Labute approximate surface area is 110 Å². The number of guanidine groups is 1. The summed E-state index contributed by atoms with van der Waals surface area (Å²) in [5.41, 5.74) is 0.